The summed E-state index contributed by atoms with van der Waals surface area (Å²) in [7, 11) is 0. The Balaban J connectivity index is 2.12. The first-order chi connectivity index (χ1) is 9.11. The summed E-state index contributed by atoms with van der Waals surface area (Å²) < 4.78 is 1.69. The van der Waals surface area contributed by atoms with Crippen LogP contribution in [0, 0.1) is 0 Å². The molecule has 2 rings (SSSR count). The molecule has 2 heterocycles. The van der Waals surface area contributed by atoms with Gasteiger partial charge in [0.2, 0.25) is 0 Å². The van der Waals surface area contributed by atoms with Crippen LogP contribution in [-0.2, 0) is 11.3 Å². The smallest absolute Gasteiger partial charge is 0.305 e. The molecule has 6 nitrogen and oxygen atoms in total. The van der Waals surface area contributed by atoms with Gasteiger partial charge in [0, 0.05) is 30.8 Å². The molecule has 0 spiro atoms. The molecule has 1 fully saturated rings. The van der Waals surface area contributed by atoms with E-state index in [1.165, 1.54) is 0 Å². The molecule has 0 aliphatic carbocycles. The zero-order chi connectivity index (χ0) is 13.8. The molecule has 0 bridgehead atoms. The van der Waals surface area contributed by atoms with Crippen LogP contribution >= 0.6 is 11.8 Å². The Morgan fingerprint density at radius 3 is 3.00 bits per heavy atom. The first kappa shape index (κ1) is 13.9. The topological polar surface area (TPSA) is 75.4 Å². The van der Waals surface area contributed by atoms with E-state index in [-0.39, 0.29) is 18.4 Å². The molecule has 1 unspecified atom stereocenters. The molecule has 0 saturated carbocycles. The fraction of sp³-hybridized carbons (Fsp3) is 0.583. The average Bonchev–Trinajstić information content (AvgIpc) is 2.86. The molecule has 1 saturated heterocycles. The lowest BCUT2D eigenvalue weighted by Crippen LogP contribution is -2.47. The zero-order valence-electron chi connectivity index (χ0n) is 10.8. The Bertz CT molecular complexity index is 475. The van der Waals surface area contributed by atoms with Crippen molar-refractivity contribution in [2.24, 2.45) is 0 Å². The van der Waals surface area contributed by atoms with Gasteiger partial charge in [-0.05, 0) is 6.92 Å². The van der Waals surface area contributed by atoms with Crippen molar-refractivity contribution in [3.05, 3.63) is 18.0 Å². The molecular formula is C12H17N3O3S. The van der Waals surface area contributed by atoms with Crippen molar-refractivity contribution in [2.75, 3.05) is 18.1 Å². The molecule has 1 aliphatic rings. The first-order valence-corrected chi connectivity index (χ1v) is 7.40. The van der Waals surface area contributed by atoms with Crippen LogP contribution in [0.3, 0.4) is 0 Å². The molecule has 1 N–H and O–H groups in total. The van der Waals surface area contributed by atoms with Crippen molar-refractivity contribution < 1.29 is 14.7 Å². The van der Waals surface area contributed by atoms with Crippen LogP contribution in [0.2, 0.25) is 0 Å². The third-order valence-electron chi connectivity index (χ3n) is 3.10. The summed E-state index contributed by atoms with van der Waals surface area (Å²) in [6, 6.07) is -0.228. The summed E-state index contributed by atoms with van der Waals surface area (Å²) in [6.07, 6.45) is 3.26. The highest BCUT2D eigenvalue weighted by Gasteiger charge is 2.29. The van der Waals surface area contributed by atoms with Gasteiger partial charge in [-0.1, -0.05) is 0 Å². The van der Waals surface area contributed by atoms with Crippen LogP contribution in [-0.4, -0.2) is 55.8 Å². The van der Waals surface area contributed by atoms with Crippen LogP contribution in [0.4, 0.5) is 0 Å². The minimum Gasteiger partial charge on any atom is -0.481 e. The molecular weight excluding hydrogens is 266 g/mol. The van der Waals surface area contributed by atoms with Gasteiger partial charge in [-0.3, -0.25) is 14.3 Å². The third kappa shape index (κ3) is 3.28. The Morgan fingerprint density at radius 2 is 2.37 bits per heavy atom. The summed E-state index contributed by atoms with van der Waals surface area (Å²) in [5, 5.41) is 13.0. The largest absolute Gasteiger partial charge is 0.481 e. The zero-order valence-corrected chi connectivity index (χ0v) is 11.6. The number of hydrogen-bond donors (Lipinski definition) is 1. The van der Waals surface area contributed by atoms with E-state index in [1.54, 1.807) is 33.7 Å². The van der Waals surface area contributed by atoms with E-state index in [1.807, 2.05) is 6.92 Å². The second-order valence-corrected chi connectivity index (χ2v) is 5.56. The molecule has 1 aliphatic heterocycles. The van der Waals surface area contributed by atoms with Gasteiger partial charge in [-0.2, -0.15) is 16.9 Å². The number of aromatic nitrogens is 2. The fourth-order valence-electron chi connectivity index (χ4n) is 2.11. The summed E-state index contributed by atoms with van der Waals surface area (Å²) >= 11 is 1.69. The van der Waals surface area contributed by atoms with E-state index in [9.17, 15) is 9.59 Å². The first-order valence-electron chi connectivity index (χ1n) is 6.24. The SMILES string of the molecule is CCn1cc(C(=O)N2CCSCC2CC(=O)O)cn1. The maximum atomic E-state index is 12.4. The average molecular weight is 283 g/mol. The number of nitrogens with zero attached hydrogens (tertiary/aromatic N) is 3. The van der Waals surface area contributed by atoms with Gasteiger partial charge in [0.25, 0.3) is 5.91 Å². The van der Waals surface area contributed by atoms with Crippen molar-refractivity contribution in [1.29, 1.82) is 0 Å². The molecule has 1 amide bonds. The van der Waals surface area contributed by atoms with Gasteiger partial charge in [-0.15, -0.1) is 0 Å². The van der Waals surface area contributed by atoms with E-state index < -0.39 is 5.97 Å². The number of amides is 1. The van der Waals surface area contributed by atoms with Crippen LogP contribution in [0.5, 0.6) is 0 Å². The fourth-order valence-corrected chi connectivity index (χ4v) is 3.17. The predicted octanol–water partition coefficient (Wildman–Crippen LogP) is 0.935. The highest BCUT2D eigenvalue weighted by molar-refractivity contribution is 7.99. The summed E-state index contributed by atoms with van der Waals surface area (Å²) in [4.78, 5) is 24.9. The number of carbonyl (C=O) groups excluding carboxylic acids is 1. The number of aryl methyl sites for hydroxylation is 1. The number of carboxylic acids is 1. The van der Waals surface area contributed by atoms with Crippen molar-refractivity contribution in [2.45, 2.75) is 25.9 Å². The molecule has 1 atom stereocenters. The molecule has 7 heteroatoms. The lowest BCUT2D eigenvalue weighted by molar-refractivity contribution is -0.138. The maximum absolute atomic E-state index is 12.4. The van der Waals surface area contributed by atoms with E-state index in [2.05, 4.69) is 5.10 Å². The Labute approximate surface area is 115 Å². The van der Waals surface area contributed by atoms with Gasteiger partial charge in [0.1, 0.15) is 0 Å². The van der Waals surface area contributed by atoms with Crippen LogP contribution in [0.15, 0.2) is 12.4 Å². The van der Waals surface area contributed by atoms with Gasteiger partial charge in [0.15, 0.2) is 0 Å². The van der Waals surface area contributed by atoms with E-state index in [0.29, 0.717) is 24.4 Å². The van der Waals surface area contributed by atoms with Crippen LogP contribution < -0.4 is 0 Å². The highest BCUT2D eigenvalue weighted by atomic mass is 32.2. The minimum absolute atomic E-state index is 0.000650. The molecule has 1 aromatic heterocycles. The molecule has 1 aromatic rings. The molecule has 0 aromatic carbocycles. The predicted molar refractivity (Wildman–Crippen MR) is 72.3 cm³/mol. The lowest BCUT2D eigenvalue weighted by atomic mass is 10.1. The van der Waals surface area contributed by atoms with Crippen LogP contribution in [0.1, 0.15) is 23.7 Å². The summed E-state index contributed by atoms with van der Waals surface area (Å²) in [5.74, 6) is 0.546. The van der Waals surface area contributed by atoms with Crippen molar-refractivity contribution in [3.63, 3.8) is 0 Å². The normalized spacial score (nSPS) is 19.4. The van der Waals surface area contributed by atoms with Crippen molar-refractivity contribution in [3.8, 4) is 0 Å². The molecule has 0 radical (unpaired) electrons. The number of carboxylic acid groups (broad SMARTS) is 1. The Hall–Kier alpha value is -1.50. The number of rotatable bonds is 4. The quantitative estimate of drug-likeness (QED) is 0.890. The lowest BCUT2D eigenvalue weighted by Gasteiger charge is -2.34. The van der Waals surface area contributed by atoms with E-state index >= 15 is 0 Å². The standard InChI is InChI=1S/C12H17N3O3S/c1-2-14-7-9(6-13-14)12(18)15-3-4-19-8-10(15)5-11(16)17/h6-7,10H,2-5,8H2,1H3,(H,16,17). The van der Waals surface area contributed by atoms with Crippen LogP contribution in [0.25, 0.3) is 0 Å². The molecule has 104 valence electrons. The number of carbonyl (C=O) groups is 2. The number of hydrogen-bond acceptors (Lipinski definition) is 4. The van der Waals surface area contributed by atoms with Gasteiger partial charge in [-0.25, -0.2) is 0 Å². The maximum Gasteiger partial charge on any atom is 0.305 e. The van der Waals surface area contributed by atoms with E-state index in [4.69, 9.17) is 5.11 Å². The number of aliphatic carboxylic acids is 1. The second kappa shape index (κ2) is 6.10. The van der Waals surface area contributed by atoms with Gasteiger partial charge < -0.3 is 10.0 Å². The van der Waals surface area contributed by atoms with Gasteiger partial charge >= 0.3 is 5.97 Å². The monoisotopic (exact) mass is 283 g/mol. The van der Waals surface area contributed by atoms with Crippen molar-refractivity contribution >= 4 is 23.6 Å². The Kier molecular flexibility index (Phi) is 4.47. The van der Waals surface area contributed by atoms with E-state index in [0.717, 1.165) is 5.75 Å². The third-order valence-corrected chi connectivity index (χ3v) is 4.19. The second-order valence-electron chi connectivity index (χ2n) is 4.41. The summed E-state index contributed by atoms with van der Waals surface area (Å²) in [5.41, 5.74) is 0.532. The van der Waals surface area contributed by atoms with Crippen molar-refractivity contribution in [1.82, 2.24) is 14.7 Å². The minimum atomic E-state index is -0.866. The Morgan fingerprint density at radius 1 is 1.58 bits per heavy atom. The van der Waals surface area contributed by atoms with Gasteiger partial charge in [0.05, 0.1) is 24.2 Å². The number of thioether (sulfide) groups is 1. The molecule has 19 heavy (non-hydrogen) atoms. The summed E-state index contributed by atoms with van der Waals surface area (Å²) in [6.45, 7) is 3.26. The highest BCUT2D eigenvalue weighted by Crippen LogP contribution is 2.21.